The van der Waals surface area contributed by atoms with E-state index in [0.29, 0.717) is 17.1 Å². The van der Waals surface area contributed by atoms with E-state index in [4.69, 9.17) is 16.7 Å². The third-order valence-corrected chi connectivity index (χ3v) is 3.97. The first-order valence-electron chi connectivity index (χ1n) is 7.71. The maximum atomic E-state index is 12.4. The molecule has 0 bridgehead atoms. The average molecular weight is 354 g/mol. The smallest absolute Gasteiger partial charge is 0.239 e. The Bertz CT molecular complexity index is 623. The Labute approximate surface area is 145 Å². The lowest BCUT2D eigenvalue weighted by atomic mass is 9.96. The van der Waals surface area contributed by atoms with Gasteiger partial charge in [0.15, 0.2) is 0 Å². The first-order chi connectivity index (χ1) is 11.5. The van der Waals surface area contributed by atoms with Gasteiger partial charge in [0.2, 0.25) is 17.7 Å². The van der Waals surface area contributed by atoms with Gasteiger partial charge in [0.1, 0.15) is 0 Å². The Morgan fingerprint density at radius 2 is 2.17 bits per heavy atom. The summed E-state index contributed by atoms with van der Waals surface area (Å²) in [5.74, 6) is -1.09. The number of hydrogen-bond acceptors (Lipinski definition) is 4. The van der Waals surface area contributed by atoms with Crippen molar-refractivity contribution in [3.8, 4) is 0 Å². The number of nitrogens with zero attached hydrogens (tertiary/aromatic N) is 1. The predicted molar refractivity (Wildman–Crippen MR) is 89.5 cm³/mol. The average Bonchev–Trinajstić information content (AvgIpc) is 2.55. The van der Waals surface area contributed by atoms with Crippen LogP contribution in [-0.4, -0.2) is 54.0 Å². The molecule has 3 N–H and O–H groups in total. The van der Waals surface area contributed by atoms with Crippen molar-refractivity contribution >= 4 is 35.0 Å². The van der Waals surface area contributed by atoms with Crippen molar-refractivity contribution in [3.05, 3.63) is 29.3 Å². The molecule has 1 fully saturated rings. The summed E-state index contributed by atoms with van der Waals surface area (Å²) in [7, 11) is 0. The van der Waals surface area contributed by atoms with Crippen LogP contribution in [0.1, 0.15) is 12.8 Å². The number of carbonyl (C=O) groups excluding carboxylic acids is 3. The number of piperidine rings is 1. The normalized spacial score (nSPS) is 17.5. The molecule has 3 amide bonds. The molecular weight excluding hydrogens is 334 g/mol. The molecule has 7 nitrogen and oxygen atoms in total. The molecule has 1 aliphatic rings. The quantitative estimate of drug-likeness (QED) is 0.698. The Balaban J connectivity index is 1.92. The standard InChI is InChI=1S/C16H20ClN3O4/c17-12-2-1-3-13(8-12)19-16(24)11-4-5-15(23)20(9-11)10-14(22)18-6-7-21/h1-3,8,11,21H,4-7,9-10H2,(H,18,22)(H,19,24). The number of aliphatic hydroxyl groups is 1. The van der Waals surface area contributed by atoms with Gasteiger partial charge in [-0.3, -0.25) is 14.4 Å². The van der Waals surface area contributed by atoms with Crippen LogP contribution < -0.4 is 10.6 Å². The van der Waals surface area contributed by atoms with Crippen molar-refractivity contribution in [2.24, 2.45) is 5.92 Å². The van der Waals surface area contributed by atoms with Crippen molar-refractivity contribution < 1.29 is 19.5 Å². The van der Waals surface area contributed by atoms with Crippen molar-refractivity contribution in [2.45, 2.75) is 12.8 Å². The maximum absolute atomic E-state index is 12.4. The van der Waals surface area contributed by atoms with Gasteiger partial charge in [-0.1, -0.05) is 17.7 Å². The van der Waals surface area contributed by atoms with E-state index in [0.717, 1.165) is 0 Å². The lowest BCUT2D eigenvalue weighted by Gasteiger charge is -2.31. The van der Waals surface area contributed by atoms with Crippen molar-refractivity contribution in [1.82, 2.24) is 10.2 Å². The Morgan fingerprint density at radius 3 is 2.88 bits per heavy atom. The molecule has 24 heavy (non-hydrogen) atoms. The van der Waals surface area contributed by atoms with E-state index in [9.17, 15) is 14.4 Å². The van der Waals surface area contributed by atoms with E-state index < -0.39 is 0 Å². The molecule has 0 radical (unpaired) electrons. The largest absolute Gasteiger partial charge is 0.395 e. The molecule has 0 aliphatic carbocycles. The van der Waals surface area contributed by atoms with Crippen LogP contribution in [0.3, 0.4) is 0 Å². The molecule has 1 saturated heterocycles. The fourth-order valence-electron chi connectivity index (χ4n) is 2.52. The first-order valence-corrected chi connectivity index (χ1v) is 8.09. The fourth-order valence-corrected chi connectivity index (χ4v) is 2.71. The second kappa shape index (κ2) is 8.65. The third kappa shape index (κ3) is 5.21. The highest BCUT2D eigenvalue weighted by Crippen LogP contribution is 2.21. The van der Waals surface area contributed by atoms with Crippen LogP contribution in [0.25, 0.3) is 0 Å². The van der Waals surface area contributed by atoms with E-state index >= 15 is 0 Å². The molecule has 1 unspecified atom stereocenters. The van der Waals surface area contributed by atoms with Gasteiger partial charge in [0.25, 0.3) is 0 Å². The molecule has 0 spiro atoms. The van der Waals surface area contributed by atoms with Crippen molar-refractivity contribution in [3.63, 3.8) is 0 Å². The summed E-state index contributed by atoms with van der Waals surface area (Å²) in [5, 5.41) is 14.5. The van der Waals surface area contributed by atoms with Gasteiger partial charge in [0.05, 0.1) is 19.1 Å². The van der Waals surface area contributed by atoms with Crippen LogP contribution in [0.4, 0.5) is 5.69 Å². The van der Waals surface area contributed by atoms with E-state index in [2.05, 4.69) is 10.6 Å². The van der Waals surface area contributed by atoms with Crippen LogP contribution in [0, 0.1) is 5.92 Å². The second-order valence-corrected chi connectivity index (χ2v) is 6.02. The van der Waals surface area contributed by atoms with Gasteiger partial charge in [0, 0.05) is 30.2 Å². The number of likely N-dealkylation sites (tertiary alicyclic amines) is 1. The Hall–Kier alpha value is -2.12. The molecule has 0 aromatic heterocycles. The fraction of sp³-hybridized carbons (Fsp3) is 0.438. The second-order valence-electron chi connectivity index (χ2n) is 5.58. The van der Waals surface area contributed by atoms with Gasteiger partial charge < -0.3 is 20.6 Å². The minimum absolute atomic E-state index is 0.111. The lowest BCUT2D eigenvalue weighted by molar-refractivity contribution is -0.141. The molecule has 8 heteroatoms. The summed E-state index contributed by atoms with van der Waals surface area (Å²) in [4.78, 5) is 37.3. The van der Waals surface area contributed by atoms with Gasteiger partial charge in [-0.25, -0.2) is 0 Å². The molecule has 0 saturated carbocycles. The van der Waals surface area contributed by atoms with Gasteiger partial charge in [-0.2, -0.15) is 0 Å². The zero-order valence-electron chi connectivity index (χ0n) is 13.1. The minimum Gasteiger partial charge on any atom is -0.395 e. The molecule has 1 aromatic carbocycles. The van der Waals surface area contributed by atoms with Crippen LogP contribution in [-0.2, 0) is 14.4 Å². The topological polar surface area (TPSA) is 98.7 Å². The molecule has 2 rings (SSSR count). The number of hydrogen-bond donors (Lipinski definition) is 3. The predicted octanol–water partition coefficient (Wildman–Crippen LogP) is 0.626. The van der Waals surface area contributed by atoms with E-state index in [1.54, 1.807) is 24.3 Å². The molecule has 1 heterocycles. The monoisotopic (exact) mass is 353 g/mol. The van der Waals surface area contributed by atoms with Gasteiger partial charge in [-0.15, -0.1) is 0 Å². The lowest BCUT2D eigenvalue weighted by Crippen LogP contribution is -2.48. The summed E-state index contributed by atoms with van der Waals surface area (Å²) < 4.78 is 0. The maximum Gasteiger partial charge on any atom is 0.239 e. The van der Waals surface area contributed by atoms with Crippen LogP contribution in [0.15, 0.2) is 24.3 Å². The number of halogens is 1. The van der Waals surface area contributed by atoms with E-state index in [-0.39, 0.29) is 56.3 Å². The Morgan fingerprint density at radius 1 is 1.38 bits per heavy atom. The number of nitrogens with one attached hydrogen (secondary N) is 2. The number of benzene rings is 1. The molecule has 1 aromatic rings. The van der Waals surface area contributed by atoms with Crippen molar-refractivity contribution in [2.75, 3.05) is 31.6 Å². The summed E-state index contributed by atoms with van der Waals surface area (Å²) >= 11 is 5.89. The highest BCUT2D eigenvalue weighted by Gasteiger charge is 2.31. The van der Waals surface area contributed by atoms with Crippen LogP contribution in [0.5, 0.6) is 0 Å². The van der Waals surface area contributed by atoms with E-state index in [1.165, 1.54) is 4.90 Å². The molecule has 1 atom stereocenters. The van der Waals surface area contributed by atoms with Crippen LogP contribution in [0.2, 0.25) is 5.02 Å². The number of amides is 3. The number of aliphatic hydroxyl groups excluding tert-OH is 1. The van der Waals surface area contributed by atoms with E-state index in [1.807, 2.05) is 0 Å². The molecular formula is C16H20ClN3O4. The van der Waals surface area contributed by atoms with Gasteiger partial charge >= 0.3 is 0 Å². The highest BCUT2D eigenvalue weighted by molar-refractivity contribution is 6.30. The van der Waals surface area contributed by atoms with Crippen molar-refractivity contribution in [1.29, 1.82) is 0 Å². The zero-order valence-corrected chi connectivity index (χ0v) is 13.9. The minimum atomic E-state index is -0.382. The van der Waals surface area contributed by atoms with Gasteiger partial charge in [-0.05, 0) is 24.6 Å². The first kappa shape index (κ1) is 18.2. The summed E-state index contributed by atoms with van der Waals surface area (Å²) in [6, 6.07) is 6.83. The molecule has 1 aliphatic heterocycles. The number of anilines is 1. The van der Waals surface area contributed by atoms with Crippen LogP contribution >= 0.6 is 11.6 Å². The summed E-state index contributed by atoms with van der Waals surface area (Å²) in [6.45, 7) is 0.0570. The summed E-state index contributed by atoms with van der Waals surface area (Å²) in [6.07, 6.45) is 0.668. The SMILES string of the molecule is O=C(CN1CC(C(=O)Nc2cccc(Cl)c2)CCC1=O)NCCO. The number of rotatable bonds is 6. The summed E-state index contributed by atoms with van der Waals surface area (Å²) in [5.41, 5.74) is 0.594. The number of carbonyl (C=O) groups is 3. The highest BCUT2D eigenvalue weighted by atomic mass is 35.5. The third-order valence-electron chi connectivity index (χ3n) is 3.73. The molecule has 130 valence electrons. The zero-order chi connectivity index (χ0) is 17.5. The Kier molecular flexibility index (Phi) is 6.57.